The predicted molar refractivity (Wildman–Crippen MR) is 77.8 cm³/mol. The molecule has 0 saturated carbocycles. The Labute approximate surface area is 112 Å². The van der Waals surface area contributed by atoms with E-state index in [1.165, 1.54) is 11.1 Å². The molecule has 0 radical (unpaired) electrons. The number of benzene rings is 1. The molecular weight excluding hydrogens is 222 g/mol. The molecule has 0 aliphatic rings. The molecular formula is C16H27NO. The van der Waals surface area contributed by atoms with Crippen LogP contribution in [0.5, 0.6) is 0 Å². The summed E-state index contributed by atoms with van der Waals surface area (Å²) < 4.78 is 5.20. The lowest BCUT2D eigenvalue weighted by Gasteiger charge is -2.25. The lowest BCUT2D eigenvalue weighted by molar-refractivity contribution is 0.128. The van der Waals surface area contributed by atoms with Gasteiger partial charge in [-0.25, -0.2) is 0 Å². The molecule has 0 fully saturated rings. The van der Waals surface area contributed by atoms with Gasteiger partial charge in [0, 0.05) is 19.2 Å². The Morgan fingerprint density at radius 2 is 1.67 bits per heavy atom. The summed E-state index contributed by atoms with van der Waals surface area (Å²) in [4.78, 5) is 0. The second kappa shape index (κ2) is 6.91. The topological polar surface area (TPSA) is 21.3 Å². The fourth-order valence-electron chi connectivity index (χ4n) is 2.02. The Morgan fingerprint density at radius 3 is 2.17 bits per heavy atom. The zero-order valence-electron chi connectivity index (χ0n) is 12.4. The molecule has 0 heterocycles. The SMILES string of the molecule is COCC(C)(C)NCc1ccc(CC(C)C)cc1. The number of hydrogen-bond donors (Lipinski definition) is 1. The van der Waals surface area contributed by atoms with Crippen LogP contribution in [0.15, 0.2) is 24.3 Å². The van der Waals surface area contributed by atoms with E-state index >= 15 is 0 Å². The van der Waals surface area contributed by atoms with E-state index in [1.54, 1.807) is 7.11 Å². The Bertz CT molecular complexity index is 341. The van der Waals surface area contributed by atoms with E-state index in [-0.39, 0.29) is 5.54 Å². The third-order valence-electron chi connectivity index (χ3n) is 2.94. The van der Waals surface area contributed by atoms with Crippen LogP contribution in [0.2, 0.25) is 0 Å². The lowest BCUT2D eigenvalue weighted by atomic mass is 10.0. The Hall–Kier alpha value is -0.860. The van der Waals surface area contributed by atoms with Crippen molar-refractivity contribution in [1.82, 2.24) is 5.32 Å². The van der Waals surface area contributed by atoms with Gasteiger partial charge in [-0.15, -0.1) is 0 Å². The van der Waals surface area contributed by atoms with Gasteiger partial charge < -0.3 is 10.1 Å². The zero-order chi connectivity index (χ0) is 13.6. The summed E-state index contributed by atoms with van der Waals surface area (Å²) in [5, 5.41) is 3.51. The van der Waals surface area contributed by atoms with E-state index in [4.69, 9.17) is 4.74 Å². The molecule has 0 amide bonds. The smallest absolute Gasteiger partial charge is 0.0639 e. The molecule has 0 atom stereocenters. The third-order valence-corrected chi connectivity index (χ3v) is 2.94. The summed E-state index contributed by atoms with van der Waals surface area (Å²) >= 11 is 0. The van der Waals surface area contributed by atoms with Crippen LogP contribution in [0.1, 0.15) is 38.8 Å². The minimum atomic E-state index is 0.0192. The molecule has 2 heteroatoms. The summed E-state index contributed by atoms with van der Waals surface area (Å²) in [6, 6.07) is 8.90. The maximum Gasteiger partial charge on any atom is 0.0639 e. The van der Waals surface area contributed by atoms with E-state index in [9.17, 15) is 0 Å². The highest BCUT2D eigenvalue weighted by Crippen LogP contribution is 2.11. The first-order valence-corrected chi connectivity index (χ1v) is 6.75. The average Bonchev–Trinajstić information content (AvgIpc) is 2.27. The molecule has 0 unspecified atom stereocenters. The fraction of sp³-hybridized carbons (Fsp3) is 0.625. The van der Waals surface area contributed by atoms with Gasteiger partial charge in [0.25, 0.3) is 0 Å². The van der Waals surface area contributed by atoms with Crippen molar-refractivity contribution in [3.05, 3.63) is 35.4 Å². The highest BCUT2D eigenvalue weighted by molar-refractivity contribution is 5.22. The van der Waals surface area contributed by atoms with Gasteiger partial charge in [-0.2, -0.15) is 0 Å². The number of rotatable bonds is 7. The monoisotopic (exact) mass is 249 g/mol. The molecule has 1 rings (SSSR count). The van der Waals surface area contributed by atoms with E-state index in [1.807, 2.05) is 0 Å². The van der Waals surface area contributed by atoms with E-state index < -0.39 is 0 Å². The van der Waals surface area contributed by atoms with Gasteiger partial charge in [-0.3, -0.25) is 0 Å². The number of ether oxygens (including phenoxy) is 1. The summed E-state index contributed by atoms with van der Waals surface area (Å²) in [6.45, 7) is 10.4. The first kappa shape index (κ1) is 15.2. The standard InChI is InChI=1S/C16H27NO/c1-13(2)10-14-6-8-15(9-7-14)11-17-16(3,4)12-18-5/h6-9,13,17H,10-12H2,1-5H3. The van der Waals surface area contributed by atoms with Gasteiger partial charge in [0.1, 0.15) is 0 Å². The van der Waals surface area contributed by atoms with Crippen LogP contribution in [0.3, 0.4) is 0 Å². The highest BCUT2D eigenvalue weighted by atomic mass is 16.5. The predicted octanol–water partition coefficient (Wildman–Crippen LogP) is 3.40. The van der Waals surface area contributed by atoms with Crippen molar-refractivity contribution in [2.24, 2.45) is 5.92 Å². The first-order valence-electron chi connectivity index (χ1n) is 6.75. The molecule has 1 aromatic carbocycles. The Kier molecular flexibility index (Phi) is 5.83. The van der Waals surface area contributed by atoms with Crippen LogP contribution in [-0.4, -0.2) is 19.3 Å². The zero-order valence-corrected chi connectivity index (χ0v) is 12.4. The van der Waals surface area contributed by atoms with Gasteiger partial charge in [-0.05, 0) is 37.3 Å². The van der Waals surface area contributed by atoms with Crippen LogP contribution >= 0.6 is 0 Å². The molecule has 0 aliphatic carbocycles. The quantitative estimate of drug-likeness (QED) is 0.799. The number of nitrogens with one attached hydrogen (secondary N) is 1. The molecule has 2 nitrogen and oxygen atoms in total. The van der Waals surface area contributed by atoms with Crippen molar-refractivity contribution in [1.29, 1.82) is 0 Å². The Morgan fingerprint density at radius 1 is 1.11 bits per heavy atom. The second-order valence-electron chi connectivity index (χ2n) is 6.08. The molecule has 1 N–H and O–H groups in total. The molecule has 0 bridgehead atoms. The molecule has 0 aromatic heterocycles. The maximum atomic E-state index is 5.20. The van der Waals surface area contributed by atoms with Gasteiger partial charge >= 0.3 is 0 Å². The van der Waals surface area contributed by atoms with Crippen molar-refractivity contribution < 1.29 is 4.74 Å². The number of methoxy groups -OCH3 is 1. The molecule has 0 spiro atoms. The van der Waals surface area contributed by atoms with Gasteiger partial charge in [0.2, 0.25) is 0 Å². The van der Waals surface area contributed by atoms with Gasteiger partial charge in [-0.1, -0.05) is 38.1 Å². The van der Waals surface area contributed by atoms with Gasteiger partial charge in [0.05, 0.1) is 6.61 Å². The van der Waals surface area contributed by atoms with Crippen molar-refractivity contribution in [3.8, 4) is 0 Å². The van der Waals surface area contributed by atoms with E-state index in [2.05, 4.69) is 57.3 Å². The third kappa shape index (κ3) is 5.65. The second-order valence-corrected chi connectivity index (χ2v) is 6.08. The summed E-state index contributed by atoms with van der Waals surface area (Å²) in [5.74, 6) is 0.717. The van der Waals surface area contributed by atoms with E-state index in [0.29, 0.717) is 0 Å². The Balaban J connectivity index is 2.48. The lowest BCUT2D eigenvalue weighted by Crippen LogP contribution is -2.42. The summed E-state index contributed by atoms with van der Waals surface area (Å²) in [6.07, 6.45) is 1.16. The van der Waals surface area contributed by atoms with Crippen LogP contribution < -0.4 is 5.32 Å². The van der Waals surface area contributed by atoms with E-state index in [0.717, 1.165) is 25.5 Å². The number of hydrogen-bond acceptors (Lipinski definition) is 2. The molecule has 18 heavy (non-hydrogen) atoms. The van der Waals surface area contributed by atoms with Crippen molar-refractivity contribution in [2.75, 3.05) is 13.7 Å². The minimum Gasteiger partial charge on any atom is -0.383 e. The van der Waals surface area contributed by atoms with Crippen molar-refractivity contribution in [2.45, 2.75) is 46.2 Å². The van der Waals surface area contributed by atoms with Crippen LogP contribution in [0.25, 0.3) is 0 Å². The molecule has 1 aromatic rings. The van der Waals surface area contributed by atoms with Crippen LogP contribution in [0, 0.1) is 5.92 Å². The largest absolute Gasteiger partial charge is 0.383 e. The average molecular weight is 249 g/mol. The summed E-state index contributed by atoms with van der Waals surface area (Å²) in [5.41, 5.74) is 2.77. The summed E-state index contributed by atoms with van der Waals surface area (Å²) in [7, 11) is 1.74. The van der Waals surface area contributed by atoms with Crippen molar-refractivity contribution in [3.63, 3.8) is 0 Å². The molecule has 0 aliphatic heterocycles. The maximum absolute atomic E-state index is 5.20. The van der Waals surface area contributed by atoms with Crippen LogP contribution in [-0.2, 0) is 17.7 Å². The molecule has 102 valence electrons. The highest BCUT2D eigenvalue weighted by Gasteiger charge is 2.15. The van der Waals surface area contributed by atoms with Gasteiger partial charge in [0.15, 0.2) is 0 Å². The van der Waals surface area contributed by atoms with Crippen LogP contribution in [0.4, 0.5) is 0 Å². The minimum absolute atomic E-state index is 0.0192. The fourth-order valence-corrected chi connectivity index (χ4v) is 2.02. The normalized spacial score (nSPS) is 12.1. The molecule has 0 saturated heterocycles. The first-order chi connectivity index (χ1) is 8.43. The van der Waals surface area contributed by atoms with Crippen molar-refractivity contribution >= 4 is 0 Å².